The van der Waals surface area contributed by atoms with Crippen LogP contribution in [0.15, 0.2) is 24.3 Å². The van der Waals surface area contributed by atoms with E-state index in [2.05, 4.69) is 0 Å². The van der Waals surface area contributed by atoms with Gasteiger partial charge in [-0.1, -0.05) is 18.2 Å². The number of Topliss-reactive ketones (excluding diaryl/α,β-unsaturated/α-hetero) is 1. The molecule has 110 valence electrons. The van der Waals surface area contributed by atoms with E-state index in [9.17, 15) is 9.18 Å². The van der Waals surface area contributed by atoms with Gasteiger partial charge in [-0.25, -0.2) is 4.39 Å². The Morgan fingerprint density at radius 3 is 2.60 bits per heavy atom. The first kappa shape index (κ1) is 15.1. The second-order valence-corrected chi connectivity index (χ2v) is 5.47. The summed E-state index contributed by atoms with van der Waals surface area (Å²) >= 11 is 0. The van der Waals surface area contributed by atoms with Crippen molar-refractivity contribution in [3.05, 3.63) is 35.6 Å². The predicted molar refractivity (Wildman–Crippen MR) is 74.1 cm³/mol. The molecule has 3 nitrogen and oxygen atoms in total. The van der Waals surface area contributed by atoms with Crippen molar-refractivity contribution in [2.75, 3.05) is 6.61 Å². The summed E-state index contributed by atoms with van der Waals surface area (Å²) in [7, 11) is 0. The quantitative estimate of drug-likeness (QED) is 0.832. The summed E-state index contributed by atoms with van der Waals surface area (Å²) in [6, 6.07) is 6.34. The zero-order valence-electron chi connectivity index (χ0n) is 12.0. The number of carbonyl (C=O) groups is 1. The van der Waals surface area contributed by atoms with Gasteiger partial charge in [0.05, 0.1) is 18.3 Å². The van der Waals surface area contributed by atoms with E-state index >= 15 is 0 Å². The van der Waals surface area contributed by atoms with Crippen LogP contribution < -0.4 is 0 Å². The summed E-state index contributed by atoms with van der Waals surface area (Å²) in [6.45, 7) is 4.05. The zero-order chi connectivity index (χ0) is 14.5. The SMILES string of the molecule is CC1CC(OCC(=O)Cc2ccccc2F)CC(C)O1. The van der Waals surface area contributed by atoms with E-state index < -0.39 is 0 Å². The molecule has 0 bridgehead atoms. The van der Waals surface area contributed by atoms with E-state index in [1.165, 1.54) is 6.07 Å². The summed E-state index contributed by atoms with van der Waals surface area (Å²) in [5.74, 6) is -0.434. The molecule has 1 saturated heterocycles. The Balaban J connectivity index is 1.79. The van der Waals surface area contributed by atoms with Gasteiger partial charge in [-0.2, -0.15) is 0 Å². The maximum absolute atomic E-state index is 13.4. The Bertz CT molecular complexity index is 451. The Labute approximate surface area is 119 Å². The number of hydrogen-bond acceptors (Lipinski definition) is 3. The second-order valence-electron chi connectivity index (χ2n) is 5.47. The molecule has 2 atom stereocenters. The average Bonchev–Trinajstić information content (AvgIpc) is 2.38. The third-order valence-electron chi connectivity index (χ3n) is 3.48. The highest BCUT2D eigenvalue weighted by atomic mass is 19.1. The lowest BCUT2D eigenvalue weighted by Crippen LogP contribution is -2.35. The summed E-state index contributed by atoms with van der Waals surface area (Å²) < 4.78 is 24.7. The van der Waals surface area contributed by atoms with Crippen molar-refractivity contribution >= 4 is 5.78 Å². The predicted octanol–water partition coefficient (Wildman–Crippen LogP) is 2.91. The molecule has 1 heterocycles. The van der Waals surface area contributed by atoms with Crippen LogP contribution >= 0.6 is 0 Å². The van der Waals surface area contributed by atoms with Gasteiger partial charge in [-0.3, -0.25) is 4.79 Å². The van der Waals surface area contributed by atoms with Crippen LogP contribution in [-0.2, 0) is 20.7 Å². The first-order chi connectivity index (χ1) is 9.54. The van der Waals surface area contributed by atoms with Gasteiger partial charge in [0.2, 0.25) is 0 Å². The Kier molecular flexibility index (Phi) is 5.26. The van der Waals surface area contributed by atoms with Crippen LogP contribution in [0.3, 0.4) is 0 Å². The second kappa shape index (κ2) is 6.95. The van der Waals surface area contributed by atoms with Crippen LogP contribution in [0.4, 0.5) is 4.39 Å². The fraction of sp³-hybridized carbons (Fsp3) is 0.562. The molecule has 1 aliphatic rings. The molecule has 1 aromatic carbocycles. The molecule has 2 unspecified atom stereocenters. The Morgan fingerprint density at radius 1 is 1.30 bits per heavy atom. The number of ketones is 1. The first-order valence-electron chi connectivity index (χ1n) is 7.06. The normalized spacial score (nSPS) is 26.4. The van der Waals surface area contributed by atoms with Gasteiger partial charge in [0.15, 0.2) is 5.78 Å². The summed E-state index contributed by atoms with van der Waals surface area (Å²) in [5.41, 5.74) is 0.426. The lowest BCUT2D eigenvalue weighted by atomic mass is 10.0. The van der Waals surface area contributed by atoms with Gasteiger partial charge in [-0.05, 0) is 38.3 Å². The van der Waals surface area contributed by atoms with Crippen molar-refractivity contribution in [2.24, 2.45) is 0 Å². The molecule has 0 radical (unpaired) electrons. The molecule has 0 N–H and O–H groups in total. The standard InChI is InChI=1S/C16H21FO3/c1-11-7-15(8-12(2)20-11)19-10-14(18)9-13-5-3-4-6-16(13)17/h3-6,11-12,15H,7-10H2,1-2H3. The van der Waals surface area contributed by atoms with Crippen molar-refractivity contribution < 1.29 is 18.7 Å². The molecular weight excluding hydrogens is 259 g/mol. The van der Waals surface area contributed by atoms with Crippen LogP contribution in [0.25, 0.3) is 0 Å². The van der Waals surface area contributed by atoms with Crippen molar-refractivity contribution in [3.63, 3.8) is 0 Å². The molecule has 20 heavy (non-hydrogen) atoms. The van der Waals surface area contributed by atoms with Crippen molar-refractivity contribution in [2.45, 2.75) is 51.4 Å². The van der Waals surface area contributed by atoms with Crippen molar-refractivity contribution in [1.29, 1.82) is 0 Å². The molecule has 2 rings (SSSR count). The van der Waals surface area contributed by atoms with Gasteiger partial charge in [-0.15, -0.1) is 0 Å². The number of ether oxygens (including phenoxy) is 2. The first-order valence-corrected chi connectivity index (χ1v) is 7.06. The van der Waals surface area contributed by atoms with E-state index in [1.807, 2.05) is 13.8 Å². The van der Waals surface area contributed by atoms with Crippen molar-refractivity contribution in [1.82, 2.24) is 0 Å². The zero-order valence-corrected chi connectivity index (χ0v) is 12.0. The molecule has 0 spiro atoms. The van der Waals surface area contributed by atoms with Gasteiger partial charge in [0.25, 0.3) is 0 Å². The average molecular weight is 280 g/mol. The Morgan fingerprint density at radius 2 is 1.95 bits per heavy atom. The molecule has 4 heteroatoms. The molecule has 0 aromatic heterocycles. The smallest absolute Gasteiger partial charge is 0.162 e. The third-order valence-corrected chi connectivity index (χ3v) is 3.48. The fourth-order valence-corrected chi connectivity index (χ4v) is 2.60. The molecule has 1 aromatic rings. The number of hydrogen-bond donors (Lipinski definition) is 0. The fourth-order valence-electron chi connectivity index (χ4n) is 2.60. The van der Waals surface area contributed by atoms with Gasteiger partial charge in [0.1, 0.15) is 12.4 Å². The summed E-state index contributed by atoms with van der Waals surface area (Å²) in [5, 5.41) is 0. The van der Waals surface area contributed by atoms with Crippen molar-refractivity contribution in [3.8, 4) is 0 Å². The highest BCUT2D eigenvalue weighted by Crippen LogP contribution is 2.21. The van der Waals surface area contributed by atoms with Crippen LogP contribution in [0.1, 0.15) is 32.3 Å². The van der Waals surface area contributed by atoms with Crippen LogP contribution in [-0.4, -0.2) is 30.7 Å². The molecule has 0 amide bonds. The lowest BCUT2D eigenvalue weighted by molar-refractivity contribution is -0.133. The minimum Gasteiger partial charge on any atom is -0.375 e. The highest BCUT2D eigenvalue weighted by molar-refractivity contribution is 5.82. The number of carbonyl (C=O) groups excluding carboxylic acids is 1. The molecule has 1 aliphatic heterocycles. The Hall–Kier alpha value is -1.26. The molecule has 0 aliphatic carbocycles. The van der Waals surface area contributed by atoms with Gasteiger partial charge < -0.3 is 9.47 Å². The van der Waals surface area contributed by atoms with E-state index in [-0.39, 0.29) is 42.9 Å². The van der Waals surface area contributed by atoms with Crippen LogP contribution in [0.5, 0.6) is 0 Å². The molecular formula is C16H21FO3. The van der Waals surface area contributed by atoms with E-state index in [1.54, 1.807) is 18.2 Å². The van der Waals surface area contributed by atoms with E-state index in [0.29, 0.717) is 5.56 Å². The number of benzene rings is 1. The molecule has 0 saturated carbocycles. The largest absolute Gasteiger partial charge is 0.375 e. The van der Waals surface area contributed by atoms with Crippen LogP contribution in [0.2, 0.25) is 0 Å². The minimum atomic E-state index is -0.339. The third kappa shape index (κ3) is 4.39. The topological polar surface area (TPSA) is 35.5 Å². The van der Waals surface area contributed by atoms with Gasteiger partial charge in [0, 0.05) is 6.42 Å². The number of rotatable bonds is 5. The lowest BCUT2D eigenvalue weighted by Gasteiger charge is -2.31. The minimum absolute atomic E-state index is 0.0401. The van der Waals surface area contributed by atoms with Gasteiger partial charge >= 0.3 is 0 Å². The maximum Gasteiger partial charge on any atom is 0.162 e. The molecule has 1 fully saturated rings. The monoisotopic (exact) mass is 280 g/mol. The van der Waals surface area contributed by atoms with E-state index in [0.717, 1.165) is 12.8 Å². The summed E-state index contributed by atoms with van der Waals surface area (Å²) in [4.78, 5) is 11.8. The van der Waals surface area contributed by atoms with Crippen LogP contribution in [0, 0.1) is 5.82 Å². The van der Waals surface area contributed by atoms with E-state index in [4.69, 9.17) is 9.47 Å². The maximum atomic E-state index is 13.4. The summed E-state index contributed by atoms with van der Waals surface area (Å²) in [6.07, 6.45) is 2.06. The highest BCUT2D eigenvalue weighted by Gasteiger charge is 2.25. The number of halogens is 1.